The van der Waals surface area contributed by atoms with E-state index in [-0.39, 0.29) is 0 Å². The number of aromatic nitrogens is 3. The Hall–Kier alpha value is -8.78. The van der Waals surface area contributed by atoms with Gasteiger partial charge in [0.05, 0.1) is 34.3 Å². The number of fused-ring (bicyclic) bond motifs is 6. The van der Waals surface area contributed by atoms with Crippen LogP contribution >= 0.6 is 0 Å². The third kappa shape index (κ3) is 7.35. The Labute approximate surface area is 409 Å². The van der Waals surface area contributed by atoms with Gasteiger partial charge >= 0.3 is 0 Å². The van der Waals surface area contributed by atoms with Crippen LogP contribution in [0.5, 0.6) is 0 Å². The van der Waals surface area contributed by atoms with Crippen molar-refractivity contribution in [2.45, 2.75) is 41.5 Å². The fraction of sp³-hybridized carbons (Fsp3) is 0.0909. The molecule has 0 unspecified atom stereocenters. The minimum atomic E-state index is 0.556. The van der Waals surface area contributed by atoms with E-state index in [9.17, 15) is 0 Å². The molecule has 12 rings (SSSR count). The maximum Gasteiger partial charge on any atom is 0.212 e. The largest absolute Gasteiger partial charge is 0.319 e. The molecule has 3 heterocycles. The first kappa shape index (κ1) is 42.6. The number of rotatable bonds is 7. The van der Waals surface area contributed by atoms with Crippen molar-refractivity contribution >= 4 is 49.3 Å². The number of hydrogen-bond acceptors (Lipinski definition) is 1. The number of nitrogens with zero attached hydrogens (tertiary/aromatic N) is 4. The first-order valence-electron chi connectivity index (χ1n) is 24.0. The van der Waals surface area contributed by atoms with Crippen molar-refractivity contribution in [3.8, 4) is 67.0 Å². The predicted octanol–water partition coefficient (Wildman–Crippen LogP) is 18.0. The van der Waals surface area contributed by atoms with E-state index in [1.807, 2.05) is 0 Å². The van der Waals surface area contributed by atoms with Crippen LogP contribution in [0.4, 0.5) is 5.69 Å². The summed E-state index contributed by atoms with van der Waals surface area (Å²) >= 11 is 0. The van der Waals surface area contributed by atoms with E-state index in [0.717, 1.165) is 122 Å². The summed E-state index contributed by atoms with van der Waals surface area (Å²) in [6.07, 6.45) is 0. The predicted molar refractivity (Wildman–Crippen MR) is 295 cm³/mol. The molecule has 0 amide bonds. The number of aryl methyl sites for hydroxylation is 6. The van der Waals surface area contributed by atoms with Gasteiger partial charge in [0.15, 0.2) is 0 Å². The molecule has 0 fully saturated rings. The van der Waals surface area contributed by atoms with Gasteiger partial charge in [-0.3, -0.25) is 4.98 Å². The maximum atomic E-state index is 9.11. The number of hydrogen-bond donors (Lipinski definition) is 0. The Bertz CT molecular complexity index is 3860. The second kappa shape index (κ2) is 16.8. The minimum absolute atomic E-state index is 0.556. The van der Waals surface area contributed by atoms with E-state index < -0.39 is 0 Å². The highest BCUT2D eigenvalue weighted by Gasteiger charge is 2.24. The van der Waals surface area contributed by atoms with Crippen molar-refractivity contribution in [1.82, 2.24) is 14.1 Å². The normalized spacial score (nSPS) is 11.6. The number of pyridine rings is 1. The molecule has 9 aromatic carbocycles. The minimum Gasteiger partial charge on any atom is -0.319 e. The van der Waals surface area contributed by atoms with Crippen LogP contribution in [0.15, 0.2) is 194 Å². The molecule has 0 N–H and O–H groups in total. The zero-order chi connectivity index (χ0) is 47.8. The summed E-state index contributed by atoms with van der Waals surface area (Å²) in [7, 11) is 0. The average molecular weight is 899 g/mol. The number of benzene rings is 9. The monoisotopic (exact) mass is 898 g/mol. The van der Waals surface area contributed by atoms with Crippen molar-refractivity contribution in [2.75, 3.05) is 0 Å². The zero-order valence-electron chi connectivity index (χ0n) is 40.3. The van der Waals surface area contributed by atoms with Crippen LogP contribution in [0, 0.1) is 48.1 Å². The highest BCUT2D eigenvalue weighted by molar-refractivity contribution is 6.13. The maximum absolute atomic E-state index is 9.11. The van der Waals surface area contributed by atoms with Gasteiger partial charge in [-0.1, -0.05) is 168 Å². The lowest BCUT2D eigenvalue weighted by Gasteiger charge is -2.20. The van der Waals surface area contributed by atoms with Gasteiger partial charge in [-0.05, 0) is 140 Å². The molecular formula is C66H50N4. The van der Waals surface area contributed by atoms with Crippen LogP contribution in [-0.4, -0.2) is 14.1 Å². The van der Waals surface area contributed by atoms with Crippen molar-refractivity contribution in [3.63, 3.8) is 0 Å². The van der Waals surface area contributed by atoms with Crippen LogP contribution in [0.2, 0.25) is 0 Å². The van der Waals surface area contributed by atoms with Crippen molar-refractivity contribution in [2.24, 2.45) is 0 Å². The highest BCUT2D eigenvalue weighted by Crippen LogP contribution is 2.45. The van der Waals surface area contributed by atoms with Crippen molar-refractivity contribution in [3.05, 3.63) is 239 Å². The summed E-state index contributed by atoms with van der Waals surface area (Å²) in [6, 6.07) is 71.1. The van der Waals surface area contributed by atoms with Crippen molar-refractivity contribution < 1.29 is 0 Å². The molecule has 0 aliphatic carbocycles. The van der Waals surface area contributed by atoms with E-state index >= 15 is 0 Å². The van der Waals surface area contributed by atoms with Gasteiger partial charge in [-0.15, -0.1) is 0 Å². The van der Waals surface area contributed by atoms with Gasteiger partial charge in [-0.2, -0.15) is 0 Å². The zero-order valence-corrected chi connectivity index (χ0v) is 40.3. The highest BCUT2D eigenvalue weighted by atomic mass is 15.0. The fourth-order valence-corrected chi connectivity index (χ4v) is 10.5. The van der Waals surface area contributed by atoms with Gasteiger partial charge in [0, 0.05) is 44.2 Å². The molecule has 4 nitrogen and oxygen atoms in total. The Morgan fingerprint density at radius 3 is 0.929 bits per heavy atom. The van der Waals surface area contributed by atoms with Crippen LogP contribution in [-0.2, 0) is 0 Å². The van der Waals surface area contributed by atoms with E-state index in [0.29, 0.717) is 5.69 Å². The molecule has 0 aliphatic heterocycles. The summed E-state index contributed by atoms with van der Waals surface area (Å²) in [4.78, 5) is 9.34. The summed E-state index contributed by atoms with van der Waals surface area (Å²) in [5, 5.41) is 4.57. The van der Waals surface area contributed by atoms with Crippen LogP contribution < -0.4 is 0 Å². The lowest BCUT2D eigenvalue weighted by molar-refractivity contribution is 1.12. The first-order valence-corrected chi connectivity index (χ1v) is 24.0. The smallest absolute Gasteiger partial charge is 0.212 e. The molecule has 12 aromatic rings. The standard InChI is InChI=1S/C66H50N4/c1-40-8-16-46(17-9-40)50-24-28-55-56-29-25-51(47-18-10-41(2)11-19-47)35-62(56)69(61(55)34-50)65-39-60(67-7)66(38-59(65)54-32-44(5)68-45(6)33-54)70-63-36-52(48-20-12-42(3)13-21-48)26-30-57(63)58-31-27-53(37-64(58)70)49-22-14-43(4)15-23-49/h8-39H,1-6H3. The molecule has 3 aromatic heterocycles. The van der Waals surface area contributed by atoms with E-state index in [1.165, 1.54) is 22.3 Å². The molecule has 0 aliphatic rings. The molecule has 0 spiro atoms. The Balaban J connectivity index is 1.20. The molecule has 334 valence electrons. The topological polar surface area (TPSA) is 27.1 Å². The fourth-order valence-electron chi connectivity index (χ4n) is 10.5. The molecule has 70 heavy (non-hydrogen) atoms. The van der Waals surface area contributed by atoms with Crippen LogP contribution in [0.1, 0.15) is 33.6 Å². The van der Waals surface area contributed by atoms with Gasteiger partial charge in [-0.25, -0.2) is 4.85 Å². The second-order valence-electron chi connectivity index (χ2n) is 19.2. The lowest BCUT2D eigenvalue weighted by Crippen LogP contribution is -2.02. The first-order chi connectivity index (χ1) is 34.1. The molecular weight excluding hydrogens is 849 g/mol. The van der Waals surface area contributed by atoms with Crippen LogP contribution in [0.3, 0.4) is 0 Å². The molecule has 0 bridgehead atoms. The van der Waals surface area contributed by atoms with E-state index in [1.54, 1.807) is 0 Å². The van der Waals surface area contributed by atoms with Gasteiger partial charge in [0.2, 0.25) is 5.69 Å². The summed E-state index contributed by atoms with van der Waals surface area (Å²) in [5.74, 6) is 0. The Morgan fingerprint density at radius 1 is 0.314 bits per heavy atom. The quantitative estimate of drug-likeness (QED) is 0.146. The molecule has 0 radical (unpaired) electrons. The van der Waals surface area contributed by atoms with Gasteiger partial charge in [0.25, 0.3) is 0 Å². The summed E-state index contributed by atoms with van der Waals surface area (Å²) in [5.41, 5.74) is 24.5. The van der Waals surface area contributed by atoms with Gasteiger partial charge < -0.3 is 9.13 Å². The summed E-state index contributed by atoms with van der Waals surface area (Å²) < 4.78 is 4.76. The SMILES string of the molecule is [C-]#[N+]c1cc(-n2c3cc(-c4ccc(C)cc4)ccc3c3ccc(-c4ccc(C)cc4)cc32)c(-c2cc(C)nc(C)c2)cc1-n1c2cc(-c3ccc(C)cc3)ccc2c2ccc(-c3ccc(C)cc3)cc21. The summed E-state index contributed by atoms with van der Waals surface area (Å²) in [6.45, 7) is 21.8. The van der Waals surface area contributed by atoms with Crippen molar-refractivity contribution in [1.29, 1.82) is 0 Å². The Kier molecular flexibility index (Phi) is 10.2. The third-order valence-electron chi connectivity index (χ3n) is 14.2. The third-order valence-corrected chi connectivity index (χ3v) is 14.2. The molecule has 0 saturated heterocycles. The lowest BCUT2D eigenvalue weighted by atomic mass is 9.99. The van der Waals surface area contributed by atoms with Crippen LogP contribution in [0.25, 0.3) is 115 Å². The molecule has 4 heteroatoms. The van der Waals surface area contributed by atoms with E-state index in [2.05, 4.69) is 250 Å². The van der Waals surface area contributed by atoms with Gasteiger partial charge in [0.1, 0.15) is 0 Å². The second-order valence-corrected chi connectivity index (χ2v) is 19.2. The van der Waals surface area contributed by atoms with E-state index in [4.69, 9.17) is 11.6 Å². The average Bonchev–Trinajstić information content (AvgIpc) is 3.87. The molecule has 0 saturated carbocycles. The Morgan fingerprint density at radius 2 is 0.614 bits per heavy atom. The molecule has 0 atom stereocenters.